The fourth-order valence-electron chi connectivity index (χ4n) is 3.02. The summed E-state index contributed by atoms with van der Waals surface area (Å²) < 4.78 is 0. The lowest BCUT2D eigenvalue weighted by Gasteiger charge is -2.26. The number of piperidine rings is 1. The van der Waals surface area contributed by atoms with Gasteiger partial charge in [0.2, 0.25) is 5.91 Å². The topological polar surface area (TPSA) is 61.4 Å². The number of nitrogens with one attached hydrogen (secondary N) is 2. The molecule has 0 unspecified atom stereocenters. The zero-order valence-electron chi connectivity index (χ0n) is 14.2. The fraction of sp³-hybridized carbons (Fsp3) is 0.579. The second-order valence-corrected chi connectivity index (χ2v) is 6.90. The number of hydrogen-bond acceptors (Lipinski definition) is 3. The molecule has 2 fully saturated rings. The van der Waals surface area contributed by atoms with E-state index in [9.17, 15) is 9.59 Å². The van der Waals surface area contributed by atoms with Gasteiger partial charge in [-0.15, -0.1) is 0 Å². The van der Waals surface area contributed by atoms with Crippen molar-refractivity contribution in [2.24, 2.45) is 5.92 Å². The average molecular weight is 329 g/mol. The molecule has 0 radical (unpaired) electrons. The van der Waals surface area contributed by atoms with E-state index in [2.05, 4.69) is 10.6 Å². The molecule has 1 saturated carbocycles. The summed E-state index contributed by atoms with van der Waals surface area (Å²) >= 11 is 0. The molecule has 5 heteroatoms. The normalized spacial score (nSPS) is 17.6. The molecule has 2 N–H and O–H groups in total. The summed E-state index contributed by atoms with van der Waals surface area (Å²) in [6, 6.07) is 7.58. The standard InChI is InChI=1S/C19H27N3O2/c23-18(14-20-12-15-4-5-15)21-13-16-6-8-17(9-7-16)19(24)22-10-2-1-3-11-22/h6-9,15,20H,1-5,10-14H2,(H,21,23). The monoisotopic (exact) mass is 329 g/mol. The molecule has 1 aliphatic carbocycles. The SMILES string of the molecule is O=C(CNCC1CC1)NCc1ccc(C(=O)N2CCCCC2)cc1. The molecule has 2 aliphatic rings. The predicted octanol–water partition coefficient (Wildman–Crippen LogP) is 1.93. The Balaban J connectivity index is 1.41. The maximum atomic E-state index is 12.4. The lowest BCUT2D eigenvalue weighted by molar-refractivity contribution is -0.120. The van der Waals surface area contributed by atoms with Crippen LogP contribution in [0.2, 0.25) is 0 Å². The summed E-state index contributed by atoms with van der Waals surface area (Å²) in [6.07, 6.45) is 6.00. The van der Waals surface area contributed by atoms with E-state index in [1.165, 1.54) is 19.3 Å². The van der Waals surface area contributed by atoms with Crippen molar-refractivity contribution in [1.82, 2.24) is 15.5 Å². The van der Waals surface area contributed by atoms with Crippen LogP contribution in [-0.4, -0.2) is 42.9 Å². The third kappa shape index (κ3) is 5.06. The molecule has 0 aromatic heterocycles. The number of amides is 2. The van der Waals surface area contributed by atoms with Gasteiger partial charge in [0.25, 0.3) is 5.91 Å². The minimum atomic E-state index is 0.0177. The predicted molar refractivity (Wildman–Crippen MR) is 93.6 cm³/mol. The van der Waals surface area contributed by atoms with E-state index < -0.39 is 0 Å². The first-order valence-corrected chi connectivity index (χ1v) is 9.08. The zero-order valence-corrected chi connectivity index (χ0v) is 14.2. The van der Waals surface area contributed by atoms with Crippen molar-refractivity contribution in [3.8, 4) is 0 Å². The van der Waals surface area contributed by atoms with Crippen molar-refractivity contribution in [1.29, 1.82) is 0 Å². The van der Waals surface area contributed by atoms with Crippen LogP contribution >= 0.6 is 0 Å². The van der Waals surface area contributed by atoms with Gasteiger partial charge < -0.3 is 15.5 Å². The first kappa shape index (κ1) is 17.0. The first-order valence-electron chi connectivity index (χ1n) is 9.08. The maximum Gasteiger partial charge on any atom is 0.253 e. The Hall–Kier alpha value is -1.88. The smallest absolute Gasteiger partial charge is 0.253 e. The molecule has 1 saturated heterocycles. The quantitative estimate of drug-likeness (QED) is 0.803. The number of hydrogen-bond donors (Lipinski definition) is 2. The number of benzene rings is 1. The maximum absolute atomic E-state index is 12.4. The summed E-state index contributed by atoms with van der Waals surface area (Å²) in [4.78, 5) is 26.1. The number of likely N-dealkylation sites (tertiary alicyclic amines) is 1. The van der Waals surface area contributed by atoms with Gasteiger partial charge in [-0.05, 0) is 62.3 Å². The van der Waals surface area contributed by atoms with E-state index in [1.807, 2.05) is 29.2 Å². The summed E-state index contributed by atoms with van der Waals surface area (Å²) in [6.45, 7) is 3.56. The Morgan fingerprint density at radius 3 is 2.42 bits per heavy atom. The van der Waals surface area contributed by atoms with Crippen LogP contribution in [0.4, 0.5) is 0 Å². The molecular weight excluding hydrogens is 302 g/mol. The van der Waals surface area contributed by atoms with Gasteiger partial charge in [-0.1, -0.05) is 12.1 Å². The average Bonchev–Trinajstić information content (AvgIpc) is 3.45. The molecule has 2 amide bonds. The molecular formula is C19H27N3O2. The van der Waals surface area contributed by atoms with Crippen molar-refractivity contribution < 1.29 is 9.59 Å². The van der Waals surface area contributed by atoms with Gasteiger partial charge in [0.1, 0.15) is 0 Å². The van der Waals surface area contributed by atoms with Gasteiger partial charge in [-0.25, -0.2) is 0 Å². The number of carbonyl (C=O) groups excluding carboxylic acids is 2. The third-order valence-corrected chi connectivity index (χ3v) is 4.75. The molecule has 1 aromatic carbocycles. The molecule has 1 heterocycles. The van der Waals surface area contributed by atoms with Crippen LogP contribution in [0.5, 0.6) is 0 Å². The van der Waals surface area contributed by atoms with Crippen molar-refractivity contribution in [2.75, 3.05) is 26.2 Å². The first-order chi connectivity index (χ1) is 11.7. The minimum Gasteiger partial charge on any atom is -0.351 e. The van der Waals surface area contributed by atoms with Gasteiger partial charge >= 0.3 is 0 Å². The molecule has 0 bridgehead atoms. The van der Waals surface area contributed by atoms with E-state index in [-0.39, 0.29) is 11.8 Å². The molecule has 1 aliphatic heterocycles. The largest absolute Gasteiger partial charge is 0.351 e. The van der Waals surface area contributed by atoms with Crippen LogP contribution < -0.4 is 10.6 Å². The molecule has 0 spiro atoms. The van der Waals surface area contributed by atoms with Crippen LogP contribution in [0.1, 0.15) is 48.0 Å². The Morgan fingerprint density at radius 2 is 1.75 bits per heavy atom. The Labute approximate surface area is 143 Å². The van der Waals surface area contributed by atoms with Crippen molar-refractivity contribution in [3.05, 3.63) is 35.4 Å². The van der Waals surface area contributed by atoms with E-state index in [4.69, 9.17) is 0 Å². The third-order valence-electron chi connectivity index (χ3n) is 4.75. The van der Waals surface area contributed by atoms with Crippen molar-refractivity contribution >= 4 is 11.8 Å². The van der Waals surface area contributed by atoms with Gasteiger partial charge in [-0.3, -0.25) is 9.59 Å². The number of nitrogens with zero attached hydrogens (tertiary/aromatic N) is 1. The molecule has 3 rings (SSSR count). The van der Waals surface area contributed by atoms with Crippen molar-refractivity contribution in [2.45, 2.75) is 38.6 Å². The Bertz CT molecular complexity index is 560. The summed E-state index contributed by atoms with van der Waals surface area (Å²) in [5.74, 6) is 0.918. The van der Waals surface area contributed by atoms with Crippen LogP contribution in [0.25, 0.3) is 0 Å². The molecule has 1 aromatic rings. The lowest BCUT2D eigenvalue weighted by atomic mass is 10.1. The van der Waals surface area contributed by atoms with Crippen LogP contribution in [0.3, 0.4) is 0 Å². The van der Waals surface area contributed by atoms with Gasteiger partial charge in [0, 0.05) is 25.2 Å². The number of rotatable bonds is 7. The zero-order chi connectivity index (χ0) is 16.8. The highest BCUT2D eigenvalue weighted by Crippen LogP contribution is 2.27. The number of carbonyl (C=O) groups is 2. The van der Waals surface area contributed by atoms with E-state index in [0.717, 1.165) is 49.5 Å². The van der Waals surface area contributed by atoms with Crippen LogP contribution in [0.15, 0.2) is 24.3 Å². The second kappa shape index (κ2) is 8.29. The molecule has 24 heavy (non-hydrogen) atoms. The lowest BCUT2D eigenvalue weighted by Crippen LogP contribution is -2.35. The summed E-state index contributed by atoms with van der Waals surface area (Å²) in [5.41, 5.74) is 1.75. The van der Waals surface area contributed by atoms with Crippen LogP contribution in [0, 0.1) is 5.92 Å². The highest BCUT2D eigenvalue weighted by Gasteiger charge is 2.20. The fourth-order valence-corrected chi connectivity index (χ4v) is 3.02. The minimum absolute atomic E-state index is 0.0177. The second-order valence-electron chi connectivity index (χ2n) is 6.90. The Morgan fingerprint density at radius 1 is 1.04 bits per heavy atom. The highest BCUT2D eigenvalue weighted by atomic mass is 16.2. The Kier molecular flexibility index (Phi) is 5.86. The summed E-state index contributed by atoms with van der Waals surface area (Å²) in [7, 11) is 0. The van der Waals surface area contributed by atoms with E-state index in [0.29, 0.717) is 13.1 Å². The van der Waals surface area contributed by atoms with E-state index >= 15 is 0 Å². The molecule has 130 valence electrons. The van der Waals surface area contributed by atoms with Gasteiger partial charge in [-0.2, -0.15) is 0 Å². The van der Waals surface area contributed by atoms with E-state index in [1.54, 1.807) is 0 Å². The molecule has 0 atom stereocenters. The van der Waals surface area contributed by atoms with Gasteiger partial charge in [0.05, 0.1) is 6.54 Å². The van der Waals surface area contributed by atoms with Crippen molar-refractivity contribution in [3.63, 3.8) is 0 Å². The van der Waals surface area contributed by atoms with Crippen LogP contribution in [-0.2, 0) is 11.3 Å². The summed E-state index contributed by atoms with van der Waals surface area (Å²) in [5, 5.41) is 6.09. The molecule has 5 nitrogen and oxygen atoms in total. The van der Waals surface area contributed by atoms with Gasteiger partial charge in [0.15, 0.2) is 0 Å². The highest BCUT2D eigenvalue weighted by molar-refractivity contribution is 5.94.